The molecule has 0 bridgehead atoms. The fraction of sp³-hybridized carbons (Fsp3) is 0.182. The lowest BCUT2D eigenvalue weighted by atomic mass is 9.98. The Labute approximate surface area is 153 Å². The van der Waals surface area contributed by atoms with Crippen LogP contribution < -0.4 is 4.57 Å². The molecule has 0 aliphatic carbocycles. The van der Waals surface area contributed by atoms with Crippen LogP contribution in [0.3, 0.4) is 0 Å². The molecule has 0 unspecified atom stereocenters. The van der Waals surface area contributed by atoms with E-state index < -0.39 is 0 Å². The molecule has 0 aliphatic rings. The molecule has 2 nitrogen and oxygen atoms in total. The third-order valence-electron chi connectivity index (χ3n) is 4.43. The number of aromatic nitrogens is 1. The van der Waals surface area contributed by atoms with Gasteiger partial charge in [0.25, 0.3) is 0 Å². The van der Waals surface area contributed by atoms with Gasteiger partial charge in [0.1, 0.15) is 0 Å². The molecule has 1 heterocycles. The fourth-order valence-electron chi connectivity index (χ4n) is 2.87. The standard InChI is InChI=1S/C22H21ClNO/c1-3-17-9-8-16(2)24(14-17)15-19-6-4-5-7-21(19)22(25)18-10-12-20(23)13-11-18/h4-14H,3,15H2,1-2H3/q+1. The number of aryl methyl sites for hydroxylation is 2. The normalized spacial score (nSPS) is 10.7. The second-order valence-corrected chi connectivity index (χ2v) is 6.59. The molecule has 0 fully saturated rings. The Bertz CT molecular complexity index is 900. The molecule has 0 saturated carbocycles. The number of carbonyl (C=O) groups excluding carboxylic acids is 1. The van der Waals surface area contributed by atoms with Crippen LogP contribution in [-0.2, 0) is 13.0 Å². The van der Waals surface area contributed by atoms with Gasteiger partial charge in [0, 0.05) is 40.3 Å². The maximum absolute atomic E-state index is 12.9. The topological polar surface area (TPSA) is 20.9 Å². The number of ketones is 1. The Morgan fingerprint density at radius 3 is 2.44 bits per heavy atom. The molecule has 25 heavy (non-hydrogen) atoms. The number of carbonyl (C=O) groups is 1. The average Bonchev–Trinajstić information content (AvgIpc) is 2.64. The summed E-state index contributed by atoms with van der Waals surface area (Å²) in [7, 11) is 0. The Kier molecular flexibility index (Phi) is 5.30. The van der Waals surface area contributed by atoms with E-state index in [4.69, 9.17) is 11.6 Å². The van der Waals surface area contributed by atoms with Crippen molar-refractivity contribution in [2.24, 2.45) is 0 Å². The molecule has 3 rings (SSSR count). The van der Waals surface area contributed by atoms with Crippen LogP contribution in [0.15, 0.2) is 66.9 Å². The molecule has 0 N–H and O–H groups in total. The summed E-state index contributed by atoms with van der Waals surface area (Å²) in [6.45, 7) is 4.91. The minimum absolute atomic E-state index is 0.0252. The smallest absolute Gasteiger partial charge is 0.193 e. The SMILES string of the molecule is CCc1ccc(C)[n+](Cc2ccccc2C(=O)c2ccc(Cl)cc2)c1. The summed E-state index contributed by atoms with van der Waals surface area (Å²) in [6, 6.07) is 19.1. The van der Waals surface area contributed by atoms with Crippen molar-refractivity contribution in [1.82, 2.24) is 0 Å². The molecule has 0 radical (unpaired) electrons. The van der Waals surface area contributed by atoms with Crippen molar-refractivity contribution < 1.29 is 9.36 Å². The number of hydrogen-bond acceptors (Lipinski definition) is 1. The summed E-state index contributed by atoms with van der Waals surface area (Å²) in [5, 5.41) is 0.632. The van der Waals surface area contributed by atoms with E-state index in [2.05, 4.69) is 36.7 Å². The lowest BCUT2D eigenvalue weighted by Crippen LogP contribution is -2.38. The zero-order chi connectivity index (χ0) is 17.8. The Morgan fingerprint density at radius 2 is 1.72 bits per heavy atom. The molecule has 1 aromatic heterocycles. The van der Waals surface area contributed by atoms with Crippen LogP contribution in [0.2, 0.25) is 5.02 Å². The third-order valence-corrected chi connectivity index (χ3v) is 4.68. The zero-order valence-electron chi connectivity index (χ0n) is 14.5. The highest BCUT2D eigenvalue weighted by Crippen LogP contribution is 2.17. The average molecular weight is 351 g/mol. The predicted molar refractivity (Wildman–Crippen MR) is 101 cm³/mol. The lowest BCUT2D eigenvalue weighted by molar-refractivity contribution is -0.694. The van der Waals surface area contributed by atoms with Crippen LogP contribution in [-0.4, -0.2) is 5.78 Å². The highest BCUT2D eigenvalue weighted by molar-refractivity contribution is 6.30. The van der Waals surface area contributed by atoms with E-state index in [9.17, 15) is 4.79 Å². The molecule has 2 aromatic carbocycles. The molecule has 0 spiro atoms. The van der Waals surface area contributed by atoms with Gasteiger partial charge in [-0.2, -0.15) is 4.57 Å². The lowest BCUT2D eigenvalue weighted by Gasteiger charge is -2.08. The molecule has 0 amide bonds. The number of pyridine rings is 1. The molecule has 0 atom stereocenters. The van der Waals surface area contributed by atoms with Crippen molar-refractivity contribution in [3.05, 3.63) is 99.8 Å². The first-order valence-corrected chi connectivity index (χ1v) is 8.83. The summed E-state index contributed by atoms with van der Waals surface area (Å²) >= 11 is 5.93. The van der Waals surface area contributed by atoms with E-state index in [0.29, 0.717) is 17.1 Å². The van der Waals surface area contributed by atoms with Crippen molar-refractivity contribution in [3.63, 3.8) is 0 Å². The van der Waals surface area contributed by atoms with E-state index in [0.717, 1.165) is 17.5 Å². The van der Waals surface area contributed by atoms with E-state index in [1.807, 2.05) is 24.3 Å². The summed E-state index contributed by atoms with van der Waals surface area (Å²) in [5.41, 5.74) is 4.86. The van der Waals surface area contributed by atoms with Gasteiger partial charge in [0.15, 0.2) is 24.2 Å². The second-order valence-electron chi connectivity index (χ2n) is 6.15. The summed E-state index contributed by atoms with van der Waals surface area (Å²) in [5.74, 6) is 0.0252. The van der Waals surface area contributed by atoms with Crippen LogP contribution in [0, 0.1) is 6.92 Å². The van der Waals surface area contributed by atoms with Crippen molar-refractivity contribution in [2.45, 2.75) is 26.8 Å². The van der Waals surface area contributed by atoms with E-state index in [-0.39, 0.29) is 5.78 Å². The van der Waals surface area contributed by atoms with Gasteiger partial charge in [-0.3, -0.25) is 4.79 Å². The van der Waals surface area contributed by atoms with E-state index in [1.54, 1.807) is 24.3 Å². The molecule has 3 aromatic rings. The highest BCUT2D eigenvalue weighted by atomic mass is 35.5. The van der Waals surface area contributed by atoms with Crippen molar-refractivity contribution in [1.29, 1.82) is 0 Å². The van der Waals surface area contributed by atoms with Gasteiger partial charge in [0.05, 0.1) is 0 Å². The first-order chi connectivity index (χ1) is 12.1. The van der Waals surface area contributed by atoms with Gasteiger partial charge in [-0.25, -0.2) is 0 Å². The van der Waals surface area contributed by atoms with Crippen molar-refractivity contribution in [3.8, 4) is 0 Å². The summed E-state index contributed by atoms with van der Waals surface area (Å²) in [6.07, 6.45) is 3.16. The number of halogens is 1. The van der Waals surface area contributed by atoms with Gasteiger partial charge in [-0.1, -0.05) is 42.8 Å². The van der Waals surface area contributed by atoms with Crippen molar-refractivity contribution >= 4 is 17.4 Å². The summed E-state index contributed by atoms with van der Waals surface area (Å²) in [4.78, 5) is 12.9. The van der Waals surface area contributed by atoms with Crippen LogP contribution in [0.4, 0.5) is 0 Å². The number of rotatable bonds is 5. The van der Waals surface area contributed by atoms with Crippen LogP contribution in [0.5, 0.6) is 0 Å². The van der Waals surface area contributed by atoms with Crippen LogP contribution in [0.25, 0.3) is 0 Å². The summed E-state index contributed by atoms with van der Waals surface area (Å²) < 4.78 is 2.20. The predicted octanol–water partition coefficient (Wildman–Crippen LogP) is 4.78. The minimum atomic E-state index is 0.0252. The maximum atomic E-state index is 12.9. The molecular formula is C22H21ClNO+. The number of benzene rings is 2. The Balaban J connectivity index is 1.96. The minimum Gasteiger partial charge on any atom is -0.289 e. The first-order valence-electron chi connectivity index (χ1n) is 8.45. The third kappa shape index (κ3) is 3.97. The number of hydrogen-bond donors (Lipinski definition) is 0. The van der Waals surface area contributed by atoms with Gasteiger partial charge >= 0.3 is 0 Å². The van der Waals surface area contributed by atoms with E-state index >= 15 is 0 Å². The molecular weight excluding hydrogens is 330 g/mol. The molecule has 0 saturated heterocycles. The van der Waals surface area contributed by atoms with Crippen LogP contribution >= 0.6 is 11.6 Å². The molecule has 126 valence electrons. The molecule has 3 heteroatoms. The maximum Gasteiger partial charge on any atom is 0.193 e. The second kappa shape index (κ2) is 7.62. The van der Waals surface area contributed by atoms with Crippen LogP contribution in [0.1, 0.15) is 39.7 Å². The Morgan fingerprint density at radius 1 is 1.00 bits per heavy atom. The fourth-order valence-corrected chi connectivity index (χ4v) is 2.99. The van der Waals surface area contributed by atoms with Gasteiger partial charge in [-0.15, -0.1) is 0 Å². The first kappa shape index (κ1) is 17.4. The Hall–Kier alpha value is -2.45. The number of nitrogens with zero attached hydrogens (tertiary/aromatic N) is 1. The quantitative estimate of drug-likeness (QED) is 0.479. The largest absolute Gasteiger partial charge is 0.289 e. The highest BCUT2D eigenvalue weighted by Gasteiger charge is 2.17. The van der Waals surface area contributed by atoms with Gasteiger partial charge in [0.2, 0.25) is 0 Å². The van der Waals surface area contributed by atoms with Gasteiger partial charge in [-0.05, 0) is 36.8 Å². The van der Waals surface area contributed by atoms with Crippen molar-refractivity contribution in [2.75, 3.05) is 0 Å². The van der Waals surface area contributed by atoms with Gasteiger partial charge < -0.3 is 0 Å². The molecule has 0 aliphatic heterocycles. The van der Waals surface area contributed by atoms with E-state index in [1.165, 1.54) is 11.3 Å². The zero-order valence-corrected chi connectivity index (χ0v) is 15.3. The monoisotopic (exact) mass is 350 g/mol.